The van der Waals surface area contributed by atoms with E-state index in [1.807, 2.05) is 14.1 Å². The van der Waals surface area contributed by atoms with E-state index in [1.165, 1.54) is 19.3 Å². The lowest BCUT2D eigenvalue weighted by Crippen LogP contribution is -2.40. The fourth-order valence-electron chi connectivity index (χ4n) is 2.46. The zero-order valence-electron chi connectivity index (χ0n) is 13.0. The van der Waals surface area contributed by atoms with Gasteiger partial charge in [-0.1, -0.05) is 13.3 Å². The first-order chi connectivity index (χ1) is 9.65. The molecule has 6 nitrogen and oxygen atoms in total. The molecule has 20 heavy (non-hydrogen) atoms. The molecule has 1 N–H and O–H groups in total. The molecule has 0 aromatic carbocycles. The van der Waals surface area contributed by atoms with Gasteiger partial charge in [0.15, 0.2) is 5.96 Å². The molecular formula is C14H26N6. The van der Waals surface area contributed by atoms with E-state index in [4.69, 9.17) is 0 Å². The van der Waals surface area contributed by atoms with Crippen molar-refractivity contribution in [1.29, 1.82) is 0 Å². The Balaban J connectivity index is 1.91. The van der Waals surface area contributed by atoms with Crippen LogP contribution >= 0.6 is 0 Å². The molecule has 1 aliphatic rings. The smallest absolute Gasteiger partial charge is 0.194 e. The minimum atomic E-state index is 0.599. The van der Waals surface area contributed by atoms with Crippen molar-refractivity contribution in [3.63, 3.8) is 0 Å². The molecule has 1 aromatic heterocycles. The molecule has 112 valence electrons. The quantitative estimate of drug-likeness (QED) is 0.631. The van der Waals surface area contributed by atoms with E-state index < -0.39 is 0 Å². The van der Waals surface area contributed by atoms with E-state index in [0.717, 1.165) is 24.2 Å². The number of nitrogens with zero attached hydrogens (tertiary/aromatic N) is 5. The van der Waals surface area contributed by atoms with Gasteiger partial charge >= 0.3 is 0 Å². The molecular weight excluding hydrogens is 252 g/mol. The second kappa shape index (κ2) is 6.72. The second-order valence-corrected chi connectivity index (χ2v) is 5.49. The number of guanidine groups is 1. The Morgan fingerprint density at radius 1 is 1.55 bits per heavy atom. The van der Waals surface area contributed by atoms with Gasteiger partial charge in [0.25, 0.3) is 0 Å². The summed E-state index contributed by atoms with van der Waals surface area (Å²) in [6.45, 7) is 5.81. The molecule has 1 aromatic rings. The van der Waals surface area contributed by atoms with E-state index in [9.17, 15) is 0 Å². The summed E-state index contributed by atoms with van der Waals surface area (Å²) in [6.07, 6.45) is 5.43. The lowest BCUT2D eigenvalue weighted by atomic mass is 10.2. The Labute approximate surface area is 121 Å². The number of aromatic nitrogens is 3. The van der Waals surface area contributed by atoms with Crippen LogP contribution in [-0.4, -0.2) is 45.3 Å². The third kappa shape index (κ3) is 3.71. The molecule has 2 atom stereocenters. The number of rotatable bonds is 6. The highest BCUT2D eigenvalue weighted by Gasteiger charge is 2.37. The Morgan fingerprint density at radius 3 is 2.95 bits per heavy atom. The van der Waals surface area contributed by atoms with Crippen LogP contribution in [0, 0.1) is 5.92 Å². The molecule has 1 heterocycles. The highest BCUT2D eigenvalue weighted by atomic mass is 15.4. The van der Waals surface area contributed by atoms with Crippen LogP contribution in [0.25, 0.3) is 0 Å². The van der Waals surface area contributed by atoms with Crippen LogP contribution in [-0.2, 0) is 13.6 Å². The summed E-state index contributed by atoms with van der Waals surface area (Å²) in [5, 5.41) is 7.68. The first kappa shape index (κ1) is 14.8. The van der Waals surface area contributed by atoms with Crippen molar-refractivity contribution in [2.24, 2.45) is 18.0 Å². The van der Waals surface area contributed by atoms with E-state index in [-0.39, 0.29) is 0 Å². The van der Waals surface area contributed by atoms with Crippen molar-refractivity contribution in [3.8, 4) is 0 Å². The summed E-state index contributed by atoms with van der Waals surface area (Å²) in [5.74, 6) is 2.74. The first-order valence-electron chi connectivity index (χ1n) is 7.50. The molecule has 0 saturated heterocycles. The highest BCUT2D eigenvalue weighted by Crippen LogP contribution is 2.34. The number of hydrogen-bond acceptors (Lipinski definition) is 3. The standard InChI is InChI=1S/C14H26N6/c1-5-7-11-8-12(11)18-14(15-6-2)19(3)9-13-16-10-17-20(13)4/h10-12H,5-9H2,1-4H3,(H,15,18). The van der Waals surface area contributed by atoms with Crippen LogP contribution in [0.2, 0.25) is 0 Å². The number of aryl methyl sites for hydroxylation is 1. The van der Waals surface area contributed by atoms with E-state index >= 15 is 0 Å². The molecule has 1 aliphatic carbocycles. The first-order valence-corrected chi connectivity index (χ1v) is 7.50. The molecule has 6 heteroatoms. The van der Waals surface area contributed by atoms with Gasteiger partial charge in [0.2, 0.25) is 0 Å². The topological polar surface area (TPSA) is 58.3 Å². The van der Waals surface area contributed by atoms with Gasteiger partial charge in [-0.05, 0) is 25.7 Å². The summed E-state index contributed by atoms with van der Waals surface area (Å²) in [4.78, 5) is 11.0. The van der Waals surface area contributed by atoms with Gasteiger partial charge in [-0.25, -0.2) is 4.98 Å². The summed E-state index contributed by atoms with van der Waals surface area (Å²) < 4.78 is 1.80. The van der Waals surface area contributed by atoms with Gasteiger partial charge in [-0.3, -0.25) is 9.67 Å². The van der Waals surface area contributed by atoms with Crippen LogP contribution in [0.5, 0.6) is 0 Å². The van der Waals surface area contributed by atoms with E-state index in [1.54, 1.807) is 11.0 Å². The Bertz CT molecular complexity index is 452. The fraction of sp³-hybridized carbons (Fsp3) is 0.786. The SMILES string of the molecule is CCCC1CC1NC(=NCC)N(C)Cc1ncnn1C. The average molecular weight is 278 g/mol. The van der Waals surface area contributed by atoms with Crippen molar-refractivity contribution in [2.75, 3.05) is 13.6 Å². The molecule has 0 radical (unpaired) electrons. The van der Waals surface area contributed by atoms with Crippen molar-refractivity contribution < 1.29 is 0 Å². The maximum atomic E-state index is 4.58. The summed E-state index contributed by atoms with van der Waals surface area (Å²) in [7, 11) is 3.96. The highest BCUT2D eigenvalue weighted by molar-refractivity contribution is 5.80. The Hall–Kier alpha value is -1.59. The van der Waals surface area contributed by atoms with Gasteiger partial charge in [0.05, 0.1) is 6.54 Å². The molecule has 0 amide bonds. The molecule has 0 bridgehead atoms. The van der Waals surface area contributed by atoms with Crippen LogP contribution < -0.4 is 5.32 Å². The molecule has 1 saturated carbocycles. The third-order valence-electron chi connectivity index (χ3n) is 3.75. The predicted molar refractivity (Wildman–Crippen MR) is 80.4 cm³/mol. The predicted octanol–water partition coefficient (Wildman–Crippen LogP) is 1.40. The number of hydrogen-bond donors (Lipinski definition) is 1. The lowest BCUT2D eigenvalue weighted by molar-refractivity contribution is 0.444. The van der Waals surface area contributed by atoms with Crippen LogP contribution in [0.15, 0.2) is 11.3 Å². The zero-order valence-corrected chi connectivity index (χ0v) is 13.0. The van der Waals surface area contributed by atoms with Crippen molar-refractivity contribution >= 4 is 5.96 Å². The maximum Gasteiger partial charge on any atom is 0.194 e. The largest absolute Gasteiger partial charge is 0.353 e. The summed E-state index contributed by atoms with van der Waals surface area (Å²) >= 11 is 0. The minimum absolute atomic E-state index is 0.599. The molecule has 0 spiro atoms. The maximum absolute atomic E-state index is 4.58. The monoisotopic (exact) mass is 278 g/mol. The van der Waals surface area contributed by atoms with Gasteiger partial charge in [0.1, 0.15) is 12.2 Å². The fourth-order valence-corrected chi connectivity index (χ4v) is 2.46. The van der Waals surface area contributed by atoms with Crippen molar-refractivity contribution in [3.05, 3.63) is 12.2 Å². The van der Waals surface area contributed by atoms with Crippen LogP contribution in [0.3, 0.4) is 0 Å². The molecule has 0 aliphatic heterocycles. The molecule has 2 unspecified atom stereocenters. The summed E-state index contributed by atoms with van der Waals surface area (Å²) in [5.41, 5.74) is 0. The normalized spacial score (nSPS) is 21.9. The average Bonchev–Trinajstić information content (AvgIpc) is 3.02. The lowest BCUT2D eigenvalue weighted by Gasteiger charge is -2.22. The third-order valence-corrected chi connectivity index (χ3v) is 3.75. The van der Waals surface area contributed by atoms with E-state index in [2.05, 4.69) is 39.1 Å². The van der Waals surface area contributed by atoms with Gasteiger partial charge in [-0.2, -0.15) is 5.10 Å². The Morgan fingerprint density at radius 2 is 2.35 bits per heavy atom. The van der Waals surface area contributed by atoms with Crippen molar-refractivity contribution in [2.45, 2.75) is 45.7 Å². The summed E-state index contributed by atoms with van der Waals surface area (Å²) in [6, 6.07) is 0.599. The Kier molecular flexibility index (Phi) is 4.98. The van der Waals surface area contributed by atoms with Crippen LogP contribution in [0.1, 0.15) is 38.9 Å². The van der Waals surface area contributed by atoms with Gasteiger partial charge in [-0.15, -0.1) is 0 Å². The van der Waals surface area contributed by atoms with E-state index in [0.29, 0.717) is 12.6 Å². The zero-order chi connectivity index (χ0) is 14.5. The van der Waals surface area contributed by atoms with Crippen LogP contribution in [0.4, 0.5) is 0 Å². The number of nitrogens with one attached hydrogen (secondary N) is 1. The molecule has 2 rings (SSSR count). The minimum Gasteiger partial charge on any atom is -0.353 e. The van der Waals surface area contributed by atoms with Gasteiger partial charge in [0, 0.05) is 26.7 Å². The van der Waals surface area contributed by atoms with Crippen molar-refractivity contribution in [1.82, 2.24) is 25.0 Å². The van der Waals surface area contributed by atoms with Gasteiger partial charge < -0.3 is 10.2 Å². The molecule has 1 fully saturated rings. The number of aliphatic imine (C=N–C) groups is 1. The second-order valence-electron chi connectivity index (χ2n) is 5.49.